The number of quaternary nitrogens is 1. The third kappa shape index (κ3) is 7.01. The van der Waals surface area contributed by atoms with Gasteiger partial charge >= 0.3 is 24.1 Å². The summed E-state index contributed by atoms with van der Waals surface area (Å²) in [6.45, 7) is 6.27. The van der Waals surface area contributed by atoms with E-state index in [0.29, 0.717) is 37.5 Å². The highest BCUT2D eigenvalue weighted by molar-refractivity contribution is 5.95. The number of likely N-dealkylation sites (tertiary alicyclic amines) is 2. The van der Waals surface area contributed by atoms with Crippen molar-refractivity contribution < 1.29 is 36.8 Å². The molecule has 3 unspecified atom stereocenters. The first kappa shape index (κ1) is 31.5. The van der Waals surface area contributed by atoms with E-state index in [9.17, 15) is 32.3 Å². The summed E-state index contributed by atoms with van der Waals surface area (Å²) in [5, 5.41) is 8.31. The Balaban J connectivity index is 1.86. The predicted octanol–water partition coefficient (Wildman–Crippen LogP) is 3.38. The van der Waals surface area contributed by atoms with Gasteiger partial charge < -0.3 is 15.5 Å². The smallest absolute Gasteiger partial charge is 0.325 e. The average molecular weight is 569 g/mol. The van der Waals surface area contributed by atoms with Gasteiger partial charge in [-0.2, -0.15) is 17.7 Å². The monoisotopic (exact) mass is 568 g/mol. The number of amides is 5. The van der Waals surface area contributed by atoms with Gasteiger partial charge in [-0.1, -0.05) is 44.2 Å². The summed E-state index contributed by atoms with van der Waals surface area (Å²) in [4.78, 5) is 55.1. The third-order valence-electron chi connectivity index (χ3n) is 8.22. The van der Waals surface area contributed by atoms with Crippen LogP contribution < -0.4 is 16.0 Å². The lowest BCUT2D eigenvalue weighted by atomic mass is 10.00. The Morgan fingerprint density at radius 1 is 1.02 bits per heavy atom. The van der Waals surface area contributed by atoms with Crippen LogP contribution in [0.25, 0.3) is 0 Å². The largest absolute Gasteiger partial charge is 0.452 e. The summed E-state index contributed by atoms with van der Waals surface area (Å²) >= 11 is 0. The molecule has 1 aromatic rings. The predicted molar refractivity (Wildman–Crippen MR) is 143 cm³/mol. The first-order valence-electron chi connectivity index (χ1n) is 13.9. The molecular weight excluding hydrogens is 527 g/mol. The minimum atomic E-state index is -5.17. The van der Waals surface area contributed by atoms with Crippen molar-refractivity contribution in [2.24, 2.45) is 5.92 Å². The number of halogens is 3. The van der Waals surface area contributed by atoms with Crippen LogP contribution in [0.15, 0.2) is 30.3 Å². The number of Topliss-reactive ketones (excluding diaryl/α,β-unsaturated/α-hetero) is 1. The maximum atomic E-state index is 14.1. The molecule has 2 fully saturated rings. The number of alkyl halides is 3. The zero-order chi connectivity index (χ0) is 29.7. The summed E-state index contributed by atoms with van der Waals surface area (Å²) < 4.78 is 39.8. The lowest BCUT2D eigenvalue weighted by molar-refractivity contribution is -0.786. The number of nitrogens with zero attached hydrogens (tertiary/aromatic N) is 2. The van der Waals surface area contributed by atoms with Gasteiger partial charge in [-0.15, -0.1) is 0 Å². The second-order valence-electron chi connectivity index (χ2n) is 11.2. The van der Waals surface area contributed by atoms with Crippen molar-refractivity contribution in [1.29, 1.82) is 0 Å². The van der Waals surface area contributed by atoms with Gasteiger partial charge in [0.2, 0.25) is 0 Å². The van der Waals surface area contributed by atoms with E-state index in [1.54, 1.807) is 56.0 Å². The second kappa shape index (κ2) is 13.1. The maximum Gasteiger partial charge on any atom is 0.452 e. The Bertz CT molecular complexity index is 1060. The fourth-order valence-corrected chi connectivity index (χ4v) is 5.68. The van der Waals surface area contributed by atoms with Gasteiger partial charge in [-0.3, -0.25) is 10.1 Å². The minimum absolute atomic E-state index is 0.0662. The second-order valence-corrected chi connectivity index (χ2v) is 11.2. The summed E-state index contributed by atoms with van der Waals surface area (Å²) in [6, 6.07) is 3.53. The van der Waals surface area contributed by atoms with E-state index in [1.165, 1.54) is 0 Å². The van der Waals surface area contributed by atoms with Crippen molar-refractivity contribution in [3.05, 3.63) is 35.9 Å². The van der Waals surface area contributed by atoms with Gasteiger partial charge in [0.1, 0.15) is 18.1 Å². The molecule has 9 nitrogen and oxygen atoms in total. The number of piperidine rings is 1. The molecule has 222 valence electrons. The number of nitrogens with one attached hydrogen (secondary N) is 3. The Morgan fingerprint density at radius 2 is 1.65 bits per heavy atom. The molecule has 2 aliphatic rings. The maximum absolute atomic E-state index is 14.1. The summed E-state index contributed by atoms with van der Waals surface area (Å²) in [6.07, 6.45) is -3.04. The Kier molecular flexibility index (Phi) is 10.3. The molecule has 12 heteroatoms. The molecule has 3 N–H and O–H groups in total. The molecule has 2 saturated heterocycles. The van der Waals surface area contributed by atoms with E-state index >= 15 is 0 Å². The normalized spacial score (nSPS) is 23.5. The molecule has 0 spiro atoms. The summed E-state index contributed by atoms with van der Waals surface area (Å²) in [5.74, 6) is -3.06. The van der Waals surface area contributed by atoms with Crippen LogP contribution in [0.1, 0.15) is 52.0 Å². The number of hydrogen-bond donors (Lipinski definition) is 3. The van der Waals surface area contributed by atoms with E-state index in [-0.39, 0.29) is 18.9 Å². The van der Waals surface area contributed by atoms with Crippen molar-refractivity contribution in [1.82, 2.24) is 20.9 Å². The van der Waals surface area contributed by atoms with E-state index in [2.05, 4.69) is 16.0 Å². The molecule has 0 aromatic heterocycles. The van der Waals surface area contributed by atoms with Crippen LogP contribution in [-0.2, 0) is 16.0 Å². The SMILES string of the molecule is CNC1CCN(C(=O)NC(C(=O)[N@+]2(C(=O)NC(Cc3ccccc3)C(=O)C(F)(F)F)CCCC2C)C(C)C)CC1. The number of carbonyl (C=O) groups excluding carboxylic acids is 4. The summed E-state index contributed by atoms with van der Waals surface area (Å²) in [5.41, 5.74) is 0.437. The standard InChI is InChI=1S/C28H40F3N5O4/c1-18(2)23(34-26(39)35-14-12-21(32-4)13-15-35)25(38)36(16-8-9-19(36)3)27(40)33-22(24(37)28(29,30)31)17-20-10-6-5-7-11-20/h5-7,10-11,18-19,21-23,32H,8-9,12-17H2,1-4H3,(H-,33,34,39,40)/p+1/t19?,22?,23?,36-/m0/s1. The molecule has 2 heterocycles. The molecule has 0 bridgehead atoms. The molecule has 1 aromatic carbocycles. The van der Waals surface area contributed by atoms with Crippen molar-refractivity contribution in [3.8, 4) is 0 Å². The molecule has 4 atom stereocenters. The fourth-order valence-electron chi connectivity index (χ4n) is 5.68. The Hall–Kier alpha value is -2.99. The van der Waals surface area contributed by atoms with Crippen LogP contribution >= 0.6 is 0 Å². The van der Waals surface area contributed by atoms with Crippen LogP contribution in [-0.4, -0.2) is 90.2 Å². The highest BCUT2D eigenvalue weighted by Gasteiger charge is 2.57. The molecule has 3 rings (SSSR count). The van der Waals surface area contributed by atoms with Gasteiger partial charge in [-0.25, -0.2) is 14.4 Å². The number of benzene rings is 1. The number of urea groups is 2. The van der Waals surface area contributed by atoms with Crippen molar-refractivity contribution >= 4 is 23.8 Å². The minimum Gasteiger partial charge on any atom is -0.325 e. The van der Waals surface area contributed by atoms with Gasteiger partial charge in [0, 0.05) is 38.4 Å². The average Bonchev–Trinajstić information content (AvgIpc) is 3.32. The van der Waals surface area contributed by atoms with Gasteiger partial charge in [0.15, 0.2) is 0 Å². The van der Waals surface area contributed by atoms with E-state index in [4.69, 9.17) is 0 Å². The first-order valence-corrected chi connectivity index (χ1v) is 13.9. The molecule has 40 heavy (non-hydrogen) atoms. The number of ketones is 1. The van der Waals surface area contributed by atoms with E-state index < -0.39 is 52.5 Å². The third-order valence-corrected chi connectivity index (χ3v) is 8.22. The molecule has 0 saturated carbocycles. The zero-order valence-electron chi connectivity index (χ0n) is 23.6. The van der Waals surface area contributed by atoms with E-state index in [1.807, 2.05) is 7.05 Å². The highest BCUT2D eigenvalue weighted by atomic mass is 19.4. The number of rotatable bonds is 8. The first-order chi connectivity index (χ1) is 18.8. The molecule has 0 radical (unpaired) electrons. The van der Waals surface area contributed by atoms with Crippen molar-refractivity contribution in [2.45, 2.75) is 83.2 Å². The lowest BCUT2D eigenvalue weighted by Gasteiger charge is -2.38. The molecular formula is C28H41F3N5O4+. The number of hydrogen-bond acceptors (Lipinski definition) is 5. The van der Waals surface area contributed by atoms with E-state index in [0.717, 1.165) is 12.8 Å². The highest BCUT2D eigenvalue weighted by Crippen LogP contribution is 2.31. The number of carbonyl (C=O) groups is 4. The van der Waals surface area contributed by atoms with Crippen LogP contribution in [0, 0.1) is 5.92 Å². The van der Waals surface area contributed by atoms with Crippen LogP contribution in [0.2, 0.25) is 0 Å². The summed E-state index contributed by atoms with van der Waals surface area (Å²) in [7, 11) is 1.87. The lowest BCUT2D eigenvalue weighted by Crippen LogP contribution is -2.70. The number of imide groups is 1. The van der Waals surface area contributed by atoms with Crippen LogP contribution in [0.4, 0.5) is 22.8 Å². The fraction of sp³-hybridized carbons (Fsp3) is 0.643. The molecule has 5 amide bonds. The van der Waals surface area contributed by atoms with Gasteiger partial charge in [0.05, 0.1) is 6.54 Å². The quantitative estimate of drug-likeness (QED) is 0.417. The van der Waals surface area contributed by atoms with Gasteiger partial charge in [0.25, 0.3) is 5.78 Å². The molecule has 2 aliphatic heterocycles. The molecule has 0 aliphatic carbocycles. The van der Waals surface area contributed by atoms with Crippen molar-refractivity contribution in [3.63, 3.8) is 0 Å². The van der Waals surface area contributed by atoms with Crippen LogP contribution in [0.3, 0.4) is 0 Å². The van der Waals surface area contributed by atoms with Crippen molar-refractivity contribution in [2.75, 3.05) is 26.7 Å². The Morgan fingerprint density at radius 3 is 2.15 bits per heavy atom. The van der Waals surface area contributed by atoms with Crippen LogP contribution in [0.5, 0.6) is 0 Å². The topological polar surface area (TPSA) is 108 Å². The Labute approximate surface area is 233 Å². The zero-order valence-corrected chi connectivity index (χ0v) is 23.6. The van der Waals surface area contributed by atoms with Gasteiger partial charge in [-0.05, 0) is 38.3 Å².